The summed E-state index contributed by atoms with van der Waals surface area (Å²) in [6.45, 7) is 16.4. The van der Waals surface area contributed by atoms with Crippen LogP contribution in [0.25, 0.3) is 16.8 Å². The van der Waals surface area contributed by atoms with Crippen molar-refractivity contribution in [3.63, 3.8) is 0 Å². The van der Waals surface area contributed by atoms with Crippen LogP contribution in [0.5, 0.6) is 0 Å². The number of esters is 1. The Morgan fingerprint density at radius 1 is 1.07 bits per heavy atom. The number of hydrogen-bond donors (Lipinski definition) is 3. The lowest BCUT2D eigenvalue weighted by molar-refractivity contribution is -0.164. The van der Waals surface area contributed by atoms with Gasteiger partial charge in [0.1, 0.15) is 23.7 Å². The number of rotatable bonds is 13. The van der Waals surface area contributed by atoms with Crippen LogP contribution in [0.15, 0.2) is 49.2 Å². The summed E-state index contributed by atoms with van der Waals surface area (Å²) in [5, 5.41) is 8.85. The summed E-state index contributed by atoms with van der Waals surface area (Å²) >= 11 is 0. The van der Waals surface area contributed by atoms with E-state index < -0.39 is 53.5 Å². The SMILES string of the molecule is C=Cc1cc2cc([C@@H](C)OC(=O)C3(C)CCCN(C(=O)[C@H](C)NC(=O)C(NC(=O)[C@H](C)[C@@H](/C=C/C)OC)C(C)C)N3)ccc2cn1. The van der Waals surface area contributed by atoms with Crippen LogP contribution >= 0.6 is 0 Å². The predicted molar refractivity (Wildman–Crippen MR) is 178 cm³/mol. The van der Waals surface area contributed by atoms with Crippen molar-refractivity contribution in [1.29, 1.82) is 0 Å². The fraction of sp³-hybridized carbons (Fsp3) is 0.514. The van der Waals surface area contributed by atoms with Crippen LogP contribution in [0.1, 0.15) is 78.7 Å². The third-order valence-electron chi connectivity index (χ3n) is 8.42. The number of methoxy groups -OCH3 is 1. The van der Waals surface area contributed by atoms with Gasteiger partial charge in [-0.3, -0.25) is 24.4 Å². The lowest BCUT2D eigenvalue weighted by atomic mass is 9.94. The number of allylic oxidation sites excluding steroid dienone is 1. The van der Waals surface area contributed by atoms with E-state index in [1.807, 2.05) is 52.0 Å². The Morgan fingerprint density at radius 2 is 1.78 bits per heavy atom. The van der Waals surface area contributed by atoms with Gasteiger partial charge >= 0.3 is 5.97 Å². The number of carbonyl (C=O) groups is 4. The van der Waals surface area contributed by atoms with Crippen molar-refractivity contribution >= 4 is 40.5 Å². The van der Waals surface area contributed by atoms with E-state index in [4.69, 9.17) is 9.47 Å². The standard InChI is InChI=1S/C35H49N5O6/c1-10-13-29(45-9)22(5)31(41)38-30(21(3)4)32(42)37-23(6)33(43)40-17-12-16-35(8,39-40)34(44)46-24(7)25-14-15-26-20-36-28(11-2)19-27(26)18-25/h10-11,13-15,18-24,29-30,39H,2,12,16-17H2,1,3-9H3,(H,37,42)(H,38,41)/b13-10+/t22-,23+,24-,29-,30?,35?/m1/s1. The van der Waals surface area contributed by atoms with Crippen molar-refractivity contribution in [1.82, 2.24) is 26.1 Å². The number of benzene rings is 1. The van der Waals surface area contributed by atoms with Crippen LogP contribution in [0.2, 0.25) is 0 Å². The summed E-state index contributed by atoms with van der Waals surface area (Å²) in [6, 6.07) is 5.94. The van der Waals surface area contributed by atoms with E-state index in [0.29, 0.717) is 19.4 Å². The van der Waals surface area contributed by atoms with Crippen molar-refractivity contribution in [2.24, 2.45) is 11.8 Å². The minimum absolute atomic E-state index is 0.238. The molecule has 2 heterocycles. The summed E-state index contributed by atoms with van der Waals surface area (Å²) in [4.78, 5) is 57.5. The Kier molecular flexibility index (Phi) is 12.6. The van der Waals surface area contributed by atoms with Crippen LogP contribution in [-0.2, 0) is 28.7 Å². The third-order valence-corrected chi connectivity index (χ3v) is 8.42. The predicted octanol–water partition coefficient (Wildman–Crippen LogP) is 4.24. The van der Waals surface area contributed by atoms with Crippen molar-refractivity contribution in [3.05, 3.63) is 60.5 Å². The van der Waals surface area contributed by atoms with E-state index in [9.17, 15) is 19.2 Å². The normalized spacial score (nSPS) is 20.1. The van der Waals surface area contributed by atoms with Gasteiger partial charge in [-0.05, 0) is 75.6 Å². The molecule has 2 unspecified atom stereocenters. The number of pyridine rings is 1. The highest BCUT2D eigenvalue weighted by atomic mass is 16.5. The molecule has 0 bridgehead atoms. The van der Waals surface area contributed by atoms with E-state index >= 15 is 0 Å². The zero-order chi connectivity index (χ0) is 34.2. The Bertz CT molecular complexity index is 1460. The molecule has 1 aliphatic rings. The van der Waals surface area contributed by atoms with Crippen molar-refractivity contribution in [3.8, 4) is 0 Å². The summed E-state index contributed by atoms with van der Waals surface area (Å²) in [5.41, 5.74) is 3.49. The lowest BCUT2D eigenvalue weighted by Gasteiger charge is -2.41. The maximum absolute atomic E-state index is 13.5. The molecule has 46 heavy (non-hydrogen) atoms. The molecule has 3 N–H and O–H groups in total. The molecule has 1 aromatic heterocycles. The van der Waals surface area contributed by atoms with Gasteiger partial charge in [-0.15, -0.1) is 0 Å². The first-order valence-electron chi connectivity index (χ1n) is 15.8. The quantitative estimate of drug-likeness (QED) is 0.220. The number of hydrogen-bond acceptors (Lipinski definition) is 8. The van der Waals surface area contributed by atoms with E-state index in [1.165, 1.54) is 12.1 Å². The molecule has 0 aliphatic carbocycles. The zero-order valence-electron chi connectivity index (χ0n) is 28.3. The summed E-state index contributed by atoms with van der Waals surface area (Å²) in [7, 11) is 1.52. The Balaban J connectivity index is 1.63. The first-order valence-corrected chi connectivity index (χ1v) is 15.8. The maximum atomic E-state index is 13.5. The summed E-state index contributed by atoms with van der Waals surface area (Å²) in [6.07, 6.45) is 7.08. The molecular weight excluding hydrogens is 586 g/mol. The lowest BCUT2D eigenvalue weighted by Crippen LogP contribution is -2.65. The van der Waals surface area contributed by atoms with Gasteiger partial charge in [-0.2, -0.15) is 0 Å². The van der Waals surface area contributed by atoms with Crippen LogP contribution in [-0.4, -0.2) is 71.1 Å². The second-order valence-corrected chi connectivity index (χ2v) is 12.5. The first-order chi connectivity index (χ1) is 21.7. The average molecular weight is 636 g/mol. The molecule has 0 spiro atoms. The number of hydrazine groups is 1. The molecule has 1 fully saturated rings. The molecule has 0 saturated carbocycles. The highest BCUT2D eigenvalue weighted by Crippen LogP contribution is 2.27. The minimum Gasteiger partial charge on any atom is -0.456 e. The number of nitrogens with zero attached hydrogens (tertiary/aromatic N) is 2. The molecule has 250 valence electrons. The molecule has 3 amide bonds. The highest BCUT2D eigenvalue weighted by Gasteiger charge is 2.42. The van der Waals surface area contributed by atoms with Crippen LogP contribution in [0, 0.1) is 11.8 Å². The largest absolute Gasteiger partial charge is 0.456 e. The molecule has 3 rings (SSSR count). The van der Waals surface area contributed by atoms with Crippen molar-refractivity contribution < 1.29 is 28.7 Å². The Hall–Kier alpha value is -4.09. The van der Waals surface area contributed by atoms with Crippen LogP contribution in [0.4, 0.5) is 0 Å². The molecule has 1 saturated heterocycles. The number of fused-ring (bicyclic) bond motifs is 1. The zero-order valence-corrected chi connectivity index (χ0v) is 28.3. The Labute approximate surface area is 272 Å². The number of aromatic nitrogens is 1. The van der Waals surface area contributed by atoms with Gasteiger partial charge in [0, 0.05) is 25.2 Å². The Morgan fingerprint density at radius 3 is 2.41 bits per heavy atom. The summed E-state index contributed by atoms with van der Waals surface area (Å²) < 4.78 is 11.3. The van der Waals surface area contributed by atoms with E-state index in [2.05, 4.69) is 27.6 Å². The van der Waals surface area contributed by atoms with Crippen molar-refractivity contribution in [2.75, 3.05) is 13.7 Å². The van der Waals surface area contributed by atoms with Gasteiger partial charge in [0.05, 0.1) is 17.7 Å². The monoisotopic (exact) mass is 635 g/mol. The topological polar surface area (TPSA) is 139 Å². The van der Waals surface area contributed by atoms with Gasteiger partial charge in [-0.1, -0.05) is 51.6 Å². The second-order valence-electron chi connectivity index (χ2n) is 12.5. The van der Waals surface area contributed by atoms with Crippen LogP contribution in [0.3, 0.4) is 0 Å². The van der Waals surface area contributed by atoms with Gasteiger partial charge in [0.15, 0.2) is 0 Å². The fourth-order valence-corrected chi connectivity index (χ4v) is 5.42. The number of carbonyl (C=O) groups excluding carboxylic acids is 4. The average Bonchev–Trinajstić information content (AvgIpc) is 3.04. The second kappa shape index (κ2) is 16.0. The van der Waals surface area contributed by atoms with Gasteiger partial charge in [-0.25, -0.2) is 10.2 Å². The van der Waals surface area contributed by atoms with Gasteiger partial charge in [0.25, 0.3) is 5.91 Å². The van der Waals surface area contributed by atoms with Crippen molar-refractivity contribution in [2.45, 2.75) is 91.1 Å². The fourth-order valence-electron chi connectivity index (χ4n) is 5.42. The van der Waals surface area contributed by atoms with Crippen LogP contribution < -0.4 is 16.1 Å². The number of amides is 3. The molecule has 11 heteroatoms. The first kappa shape index (κ1) is 36.4. The molecule has 2 aromatic rings. The molecule has 1 aromatic carbocycles. The number of ether oxygens (including phenoxy) is 2. The smallest absolute Gasteiger partial charge is 0.328 e. The highest BCUT2D eigenvalue weighted by molar-refractivity contribution is 5.93. The summed E-state index contributed by atoms with van der Waals surface area (Å²) in [5.74, 6) is -2.47. The third kappa shape index (κ3) is 8.79. The number of nitrogens with one attached hydrogen (secondary N) is 3. The van der Waals surface area contributed by atoms with Gasteiger partial charge < -0.3 is 20.1 Å². The maximum Gasteiger partial charge on any atom is 0.328 e. The molecule has 11 nitrogen and oxygen atoms in total. The molecular formula is C35H49N5O6. The van der Waals surface area contributed by atoms with Gasteiger partial charge in [0.2, 0.25) is 11.8 Å². The molecule has 1 aliphatic heterocycles. The molecule has 6 atom stereocenters. The van der Waals surface area contributed by atoms with E-state index in [-0.39, 0.29) is 11.8 Å². The minimum atomic E-state index is -1.15. The molecule has 0 radical (unpaired) electrons. The van der Waals surface area contributed by atoms with E-state index in [1.54, 1.807) is 45.2 Å². The van der Waals surface area contributed by atoms with E-state index in [0.717, 1.165) is 22.0 Å².